The summed E-state index contributed by atoms with van der Waals surface area (Å²) in [6, 6.07) is 13.7. The highest BCUT2D eigenvalue weighted by Gasteiger charge is 2.20. The number of amides is 2. The maximum absolute atomic E-state index is 12.9. The number of benzene rings is 2. The Morgan fingerprint density at radius 1 is 1.10 bits per heavy atom. The molecule has 0 fully saturated rings. The first-order valence-electron chi connectivity index (χ1n) is 9.51. The van der Waals surface area contributed by atoms with Crippen LogP contribution in [0.1, 0.15) is 32.8 Å². The Hall–Kier alpha value is -2.74. The number of nitrogens with one attached hydrogen (secondary N) is 1. The molecule has 0 spiro atoms. The fourth-order valence-electron chi connectivity index (χ4n) is 2.64. The standard InChI is InChI=1S/C21H28N2O5S/c1-5-16(3)23(21(24)22-19-9-7-8-10-20(19)27-4)15-17-11-13-18(14-12-17)28-29(25,26)6-2/h7-14,16H,5-6,15H2,1-4H3,(H,22,24)/t16-/m0/s1. The Bertz CT molecular complexity index is 913. The molecule has 0 bridgehead atoms. The Balaban J connectivity index is 2.15. The SMILES string of the molecule is CC[C@H](C)N(Cc1ccc(OS(=O)(=O)CC)cc1)C(=O)Nc1ccccc1OC. The van der Waals surface area contributed by atoms with Crippen molar-refractivity contribution in [3.05, 3.63) is 54.1 Å². The van der Waals surface area contributed by atoms with Crippen LogP contribution in [0.5, 0.6) is 11.5 Å². The normalized spacial score (nSPS) is 12.1. The van der Waals surface area contributed by atoms with Crippen LogP contribution >= 0.6 is 0 Å². The molecule has 1 N–H and O–H groups in total. The van der Waals surface area contributed by atoms with Gasteiger partial charge in [-0.3, -0.25) is 0 Å². The van der Waals surface area contributed by atoms with Crippen molar-refractivity contribution < 1.29 is 22.1 Å². The summed E-state index contributed by atoms with van der Waals surface area (Å²) in [6.07, 6.45) is 0.787. The fourth-order valence-corrected chi connectivity index (χ4v) is 3.16. The molecule has 2 aromatic carbocycles. The number of carbonyl (C=O) groups is 1. The van der Waals surface area contributed by atoms with E-state index in [2.05, 4.69) is 5.32 Å². The maximum Gasteiger partial charge on any atom is 0.322 e. The van der Waals surface area contributed by atoms with E-state index in [9.17, 15) is 13.2 Å². The molecule has 0 unspecified atom stereocenters. The van der Waals surface area contributed by atoms with Crippen molar-refractivity contribution in [1.29, 1.82) is 0 Å². The molecule has 0 heterocycles. The number of rotatable bonds is 9. The fraction of sp³-hybridized carbons (Fsp3) is 0.381. The van der Waals surface area contributed by atoms with Gasteiger partial charge < -0.3 is 19.1 Å². The quantitative estimate of drug-likeness (QED) is 0.613. The van der Waals surface area contributed by atoms with Crippen molar-refractivity contribution in [2.75, 3.05) is 18.2 Å². The van der Waals surface area contributed by atoms with Gasteiger partial charge in [0.05, 0.1) is 18.6 Å². The number of para-hydroxylation sites is 2. The van der Waals surface area contributed by atoms with Crippen LogP contribution in [0.4, 0.5) is 10.5 Å². The zero-order valence-electron chi connectivity index (χ0n) is 17.2. The minimum atomic E-state index is -3.57. The van der Waals surface area contributed by atoms with Crippen LogP contribution in [0, 0.1) is 0 Å². The third kappa shape index (κ3) is 6.39. The molecule has 2 rings (SSSR count). The van der Waals surface area contributed by atoms with E-state index >= 15 is 0 Å². The van der Waals surface area contributed by atoms with E-state index in [0.717, 1.165) is 12.0 Å². The summed E-state index contributed by atoms with van der Waals surface area (Å²) in [5.41, 5.74) is 1.46. The van der Waals surface area contributed by atoms with Gasteiger partial charge >= 0.3 is 16.1 Å². The van der Waals surface area contributed by atoms with Gasteiger partial charge in [0, 0.05) is 12.6 Å². The molecule has 0 aliphatic carbocycles. The molecule has 0 radical (unpaired) electrons. The summed E-state index contributed by atoms with van der Waals surface area (Å²) in [5.74, 6) is 0.743. The molecule has 158 valence electrons. The Labute approximate surface area is 172 Å². The van der Waals surface area contributed by atoms with Crippen molar-refractivity contribution >= 4 is 21.8 Å². The third-order valence-electron chi connectivity index (χ3n) is 4.59. The largest absolute Gasteiger partial charge is 0.495 e. The Morgan fingerprint density at radius 2 is 1.76 bits per heavy atom. The van der Waals surface area contributed by atoms with E-state index in [4.69, 9.17) is 8.92 Å². The zero-order chi connectivity index (χ0) is 21.4. The second kappa shape index (κ2) is 10.2. The summed E-state index contributed by atoms with van der Waals surface area (Å²) in [4.78, 5) is 14.7. The van der Waals surface area contributed by atoms with Gasteiger partial charge in [0.15, 0.2) is 0 Å². The molecule has 1 atom stereocenters. The number of carbonyl (C=O) groups excluding carboxylic acids is 1. The minimum absolute atomic E-state index is 0.00102. The van der Waals surface area contributed by atoms with Gasteiger partial charge in [-0.2, -0.15) is 8.42 Å². The molecule has 7 nitrogen and oxygen atoms in total. The molecule has 29 heavy (non-hydrogen) atoms. The highest BCUT2D eigenvalue weighted by atomic mass is 32.2. The number of anilines is 1. The number of hydrogen-bond donors (Lipinski definition) is 1. The van der Waals surface area contributed by atoms with Gasteiger partial charge in [-0.05, 0) is 50.1 Å². The number of urea groups is 1. The van der Waals surface area contributed by atoms with Crippen LogP contribution in [0.15, 0.2) is 48.5 Å². The number of methoxy groups -OCH3 is 1. The monoisotopic (exact) mass is 420 g/mol. The number of nitrogens with zero attached hydrogens (tertiary/aromatic N) is 1. The first-order chi connectivity index (χ1) is 13.8. The topological polar surface area (TPSA) is 84.9 Å². The van der Waals surface area contributed by atoms with Gasteiger partial charge in [-0.25, -0.2) is 4.79 Å². The predicted molar refractivity (Wildman–Crippen MR) is 114 cm³/mol. The van der Waals surface area contributed by atoms with E-state index in [1.165, 1.54) is 6.92 Å². The lowest BCUT2D eigenvalue weighted by Crippen LogP contribution is -2.40. The van der Waals surface area contributed by atoms with Gasteiger partial charge in [-0.1, -0.05) is 31.2 Å². The van der Waals surface area contributed by atoms with Crippen LogP contribution < -0.4 is 14.2 Å². The summed E-state index contributed by atoms with van der Waals surface area (Å²) in [7, 11) is -2.01. The van der Waals surface area contributed by atoms with Gasteiger partial charge in [0.25, 0.3) is 0 Å². The van der Waals surface area contributed by atoms with Gasteiger partial charge in [0.1, 0.15) is 11.5 Å². The van der Waals surface area contributed by atoms with Crippen molar-refractivity contribution in [2.45, 2.75) is 39.8 Å². The summed E-state index contributed by atoms with van der Waals surface area (Å²) >= 11 is 0. The minimum Gasteiger partial charge on any atom is -0.495 e. The van der Waals surface area contributed by atoms with Crippen LogP contribution in [-0.4, -0.2) is 38.3 Å². The number of ether oxygens (including phenoxy) is 1. The highest BCUT2D eigenvalue weighted by molar-refractivity contribution is 7.87. The third-order valence-corrected chi connectivity index (χ3v) is 5.74. The molecule has 0 aliphatic rings. The van der Waals surface area contributed by atoms with E-state index in [1.807, 2.05) is 26.0 Å². The molecular formula is C21H28N2O5S. The lowest BCUT2D eigenvalue weighted by molar-refractivity contribution is 0.187. The lowest BCUT2D eigenvalue weighted by atomic mass is 10.1. The first-order valence-corrected chi connectivity index (χ1v) is 11.1. The van der Waals surface area contributed by atoms with Crippen molar-refractivity contribution in [1.82, 2.24) is 4.90 Å². The second-order valence-corrected chi connectivity index (χ2v) is 8.45. The Morgan fingerprint density at radius 3 is 2.34 bits per heavy atom. The first kappa shape index (κ1) is 22.5. The molecule has 8 heteroatoms. The van der Waals surface area contributed by atoms with E-state index in [1.54, 1.807) is 48.4 Å². The molecule has 0 saturated carbocycles. The van der Waals surface area contributed by atoms with Gasteiger partial charge in [0.2, 0.25) is 0 Å². The molecule has 0 aromatic heterocycles. The predicted octanol–water partition coefficient (Wildman–Crippen LogP) is 4.26. The van der Waals surface area contributed by atoms with E-state index in [-0.39, 0.29) is 23.6 Å². The molecule has 0 aliphatic heterocycles. The van der Waals surface area contributed by atoms with E-state index in [0.29, 0.717) is 18.0 Å². The molecular weight excluding hydrogens is 392 g/mol. The summed E-state index contributed by atoms with van der Waals surface area (Å²) < 4.78 is 33.5. The van der Waals surface area contributed by atoms with Crippen molar-refractivity contribution in [3.63, 3.8) is 0 Å². The van der Waals surface area contributed by atoms with Crippen LogP contribution in [0.25, 0.3) is 0 Å². The second-order valence-electron chi connectivity index (χ2n) is 6.59. The van der Waals surface area contributed by atoms with Gasteiger partial charge in [-0.15, -0.1) is 0 Å². The van der Waals surface area contributed by atoms with Crippen LogP contribution in [-0.2, 0) is 16.7 Å². The highest BCUT2D eigenvalue weighted by Crippen LogP contribution is 2.24. The van der Waals surface area contributed by atoms with Crippen molar-refractivity contribution in [2.24, 2.45) is 0 Å². The lowest BCUT2D eigenvalue weighted by Gasteiger charge is -2.29. The van der Waals surface area contributed by atoms with Crippen LogP contribution in [0.2, 0.25) is 0 Å². The smallest absolute Gasteiger partial charge is 0.322 e. The van der Waals surface area contributed by atoms with Crippen LogP contribution in [0.3, 0.4) is 0 Å². The van der Waals surface area contributed by atoms with E-state index < -0.39 is 10.1 Å². The maximum atomic E-state index is 12.9. The Kier molecular flexibility index (Phi) is 7.90. The summed E-state index contributed by atoms with van der Waals surface area (Å²) in [5, 5.41) is 2.91. The average Bonchev–Trinajstić information content (AvgIpc) is 2.72. The number of hydrogen-bond acceptors (Lipinski definition) is 5. The molecule has 2 amide bonds. The molecule has 0 saturated heterocycles. The average molecular weight is 421 g/mol. The summed E-state index contributed by atoms with van der Waals surface area (Å²) in [6.45, 7) is 5.89. The molecule has 2 aromatic rings. The zero-order valence-corrected chi connectivity index (χ0v) is 18.0. The van der Waals surface area contributed by atoms with Crippen molar-refractivity contribution in [3.8, 4) is 11.5 Å².